The van der Waals surface area contributed by atoms with Gasteiger partial charge in [0.25, 0.3) is 0 Å². The maximum Gasteiger partial charge on any atom is 0.0415 e. The van der Waals surface area contributed by atoms with Crippen LogP contribution in [0.5, 0.6) is 0 Å². The first-order valence-electron chi connectivity index (χ1n) is 5.12. The molecule has 3 N–H and O–H groups in total. The largest absolute Gasteiger partial charge is 0.328 e. The van der Waals surface area contributed by atoms with Crippen molar-refractivity contribution in [2.45, 2.75) is 38.8 Å². The second-order valence-corrected chi connectivity index (χ2v) is 4.81. The van der Waals surface area contributed by atoms with E-state index in [-0.39, 0.29) is 0 Å². The Balaban J connectivity index is 2.58. The Morgan fingerprint density at radius 2 is 2.21 bits per heavy atom. The molecule has 2 unspecified atom stereocenters. The SMILES string of the molecule is CNC(CCC(C)N)c1sccc1C. The average Bonchev–Trinajstić information content (AvgIpc) is 2.53. The lowest BCUT2D eigenvalue weighted by Gasteiger charge is -2.16. The molecule has 0 fully saturated rings. The first kappa shape index (κ1) is 11.7. The summed E-state index contributed by atoms with van der Waals surface area (Å²) in [5, 5.41) is 5.51. The molecule has 1 rings (SSSR count). The summed E-state index contributed by atoms with van der Waals surface area (Å²) < 4.78 is 0. The van der Waals surface area contributed by atoms with Crippen molar-refractivity contribution in [1.82, 2.24) is 5.32 Å². The molecule has 0 saturated carbocycles. The minimum absolute atomic E-state index is 0.297. The monoisotopic (exact) mass is 212 g/mol. The molecule has 1 heterocycles. The van der Waals surface area contributed by atoms with Crippen LogP contribution in [0.4, 0.5) is 0 Å². The molecule has 0 saturated heterocycles. The predicted octanol–water partition coefficient (Wildman–Crippen LogP) is 2.44. The van der Waals surface area contributed by atoms with Gasteiger partial charge >= 0.3 is 0 Å². The van der Waals surface area contributed by atoms with Gasteiger partial charge in [0.05, 0.1) is 0 Å². The van der Waals surface area contributed by atoms with Gasteiger partial charge in [-0.1, -0.05) is 0 Å². The number of nitrogens with one attached hydrogen (secondary N) is 1. The summed E-state index contributed by atoms with van der Waals surface area (Å²) in [5.74, 6) is 0. The third-order valence-electron chi connectivity index (χ3n) is 2.48. The van der Waals surface area contributed by atoms with Crippen LogP contribution in [0.1, 0.15) is 36.2 Å². The molecular formula is C11H20N2S. The number of rotatable bonds is 5. The molecule has 0 aliphatic carbocycles. The van der Waals surface area contributed by atoms with Crippen molar-refractivity contribution in [1.29, 1.82) is 0 Å². The van der Waals surface area contributed by atoms with Crippen LogP contribution in [0.3, 0.4) is 0 Å². The van der Waals surface area contributed by atoms with Crippen LogP contribution in [0.2, 0.25) is 0 Å². The fourth-order valence-corrected chi connectivity index (χ4v) is 2.65. The number of hydrogen-bond donors (Lipinski definition) is 2. The van der Waals surface area contributed by atoms with Crippen molar-refractivity contribution in [3.63, 3.8) is 0 Å². The fraction of sp³-hybridized carbons (Fsp3) is 0.636. The van der Waals surface area contributed by atoms with Gasteiger partial charge in [-0.15, -0.1) is 11.3 Å². The summed E-state index contributed by atoms with van der Waals surface area (Å²) in [4.78, 5) is 1.45. The molecule has 0 aliphatic heterocycles. The van der Waals surface area contributed by atoms with E-state index < -0.39 is 0 Å². The number of nitrogens with two attached hydrogens (primary N) is 1. The lowest BCUT2D eigenvalue weighted by molar-refractivity contribution is 0.501. The van der Waals surface area contributed by atoms with Gasteiger partial charge in [-0.05, 0) is 50.7 Å². The molecule has 1 aromatic rings. The fourth-order valence-electron chi connectivity index (χ4n) is 1.58. The zero-order chi connectivity index (χ0) is 10.6. The van der Waals surface area contributed by atoms with Crippen molar-refractivity contribution < 1.29 is 0 Å². The third kappa shape index (κ3) is 3.08. The number of hydrogen-bond acceptors (Lipinski definition) is 3. The average molecular weight is 212 g/mol. The van der Waals surface area contributed by atoms with E-state index in [2.05, 4.69) is 30.6 Å². The molecule has 80 valence electrons. The summed E-state index contributed by atoms with van der Waals surface area (Å²) in [6, 6.07) is 2.95. The van der Waals surface area contributed by atoms with Crippen LogP contribution < -0.4 is 11.1 Å². The van der Waals surface area contributed by atoms with Crippen molar-refractivity contribution >= 4 is 11.3 Å². The Morgan fingerprint density at radius 3 is 2.64 bits per heavy atom. The first-order valence-corrected chi connectivity index (χ1v) is 6.00. The van der Waals surface area contributed by atoms with Gasteiger partial charge in [0.2, 0.25) is 0 Å². The standard InChI is InChI=1S/C11H20N2S/c1-8-6-7-14-11(8)10(13-3)5-4-9(2)12/h6-7,9-10,13H,4-5,12H2,1-3H3. The molecule has 0 bridgehead atoms. The van der Waals surface area contributed by atoms with E-state index in [4.69, 9.17) is 5.73 Å². The van der Waals surface area contributed by atoms with Crippen LogP contribution in [-0.4, -0.2) is 13.1 Å². The highest BCUT2D eigenvalue weighted by Crippen LogP contribution is 2.27. The zero-order valence-electron chi connectivity index (χ0n) is 9.21. The summed E-state index contributed by atoms with van der Waals surface area (Å²) in [6.45, 7) is 4.23. The lowest BCUT2D eigenvalue weighted by Crippen LogP contribution is -2.21. The van der Waals surface area contributed by atoms with Gasteiger partial charge in [0.1, 0.15) is 0 Å². The maximum absolute atomic E-state index is 5.76. The van der Waals surface area contributed by atoms with Crippen molar-refractivity contribution in [2.75, 3.05) is 7.05 Å². The lowest BCUT2D eigenvalue weighted by atomic mass is 10.0. The normalized spacial score (nSPS) is 15.4. The number of aryl methyl sites for hydroxylation is 1. The van der Waals surface area contributed by atoms with Crippen molar-refractivity contribution in [3.05, 3.63) is 21.9 Å². The van der Waals surface area contributed by atoms with Gasteiger partial charge in [-0.3, -0.25) is 0 Å². The zero-order valence-corrected chi connectivity index (χ0v) is 10.0. The molecule has 0 aliphatic rings. The quantitative estimate of drug-likeness (QED) is 0.787. The second-order valence-electron chi connectivity index (χ2n) is 3.86. The minimum atomic E-state index is 0.297. The molecule has 2 atom stereocenters. The smallest absolute Gasteiger partial charge is 0.0415 e. The van der Waals surface area contributed by atoms with Gasteiger partial charge in [0, 0.05) is 17.0 Å². The number of thiophene rings is 1. The third-order valence-corrected chi connectivity index (χ3v) is 3.61. The van der Waals surface area contributed by atoms with E-state index in [0.29, 0.717) is 12.1 Å². The molecule has 3 heteroatoms. The summed E-state index contributed by atoms with van der Waals surface area (Å²) >= 11 is 1.83. The molecular weight excluding hydrogens is 192 g/mol. The van der Waals surface area contributed by atoms with E-state index in [9.17, 15) is 0 Å². The Morgan fingerprint density at radius 1 is 1.50 bits per heavy atom. The van der Waals surface area contributed by atoms with Crippen LogP contribution in [0.25, 0.3) is 0 Å². The van der Waals surface area contributed by atoms with Gasteiger partial charge in [-0.2, -0.15) is 0 Å². The minimum Gasteiger partial charge on any atom is -0.328 e. The maximum atomic E-state index is 5.76. The highest BCUT2D eigenvalue weighted by atomic mass is 32.1. The van der Waals surface area contributed by atoms with E-state index >= 15 is 0 Å². The Kier molecular flexibility index (Phi) is 4.58. The van der Waals surface area contributed by atoms with Crippen LogP contribution >= 0.6 is 11.3 Å². The van der Waals surface area contributed by atoms with Crippen molar-refractivity contribution in [3.8, 4) is 0 Å². The molecule has 0 radical (unpaired) electrons. The van der Waals surface area contributed by atoms with Crippen molar-refractivity contribution in [2.24, 2.45) is 5.73 Å². The van der Waals surface area contributed by atoms with Crippen LogP contribution in [0.15, 0.2) is 11.4 Å². The van der Waals surface area contributed by atoms with Crippen LogP contribution in [-0.2, 0) is 0 Å². The molecule has 0 spiro atoms. The van der Waals surface area contributed by atoms with Gasteiger partial charge in [0.15, 0.2) is 0 Å². The van der Waals surface area contributed by atoms with Gasteiger partial charge < -0.3 is 11.1 Å². The van der Waals surface area contributed by atoms with E-state index in [0.717, 1.165) is 12.8 Å². The Bertz CT molecular complexity index is 268. The van der Waals surface area contributed by atoms with E-state index in [1.165, 1.54) is 10.4 Å². The molecule has 0 amide bonds. The second kappa shape index (κ2) is 5.49. The summed E-state index contributed by atoms with van der Waals surface area (Å²) in [7, 11) is 2.02. The summed E-state index contributed by atoms with van der Waals surface area (Å²) in [6.07, 6.45) is 2.19. The molecule has 14 heavy (non-hydrogen) atoms. The van der Waals surface area contributed by atoms with Gasteiger partial charge in [-0.25, -0.2) is 0 Å². The Labute approximate surface area is 90.5 Å². The Hall–Kier alpha value is -0.380. The van der Waals surface area contributed by atoms with E-state index in [1.54, 1.807) is 0 Å². The molecule has 0 aromatic carbocycles. The summed E-state index contributed by atoms with van der Waals surface area (Å²) in [5.41, 5.74) is 7.15. The van der Waals surface area contributed by atoms with E-state index in [1.807, 2.05) is 18.4 Å². The highest BCUT2D eigenvalue weighted by molar-refractivity contribution is 7.10. The van der Waals surface area contributed by atoms with Crippen LogP contribution in [0, 0.1) is 6.92 Å². The highest BCUT2D eigenvalue weighted by Gasteiger charge is 2.13. The molecule has 1 aromatic heterocycles. The predicted molar refractivity (Wildman–Crippen MR) is 63.7 cm³/mol. The topological polar surface area (TPSA) is 38.0 Å². The molecule has 2 nitrogen and oxygen atoms in total. The first-order chi connectivity index (χ1) is 6.65.